The number of methoxy groups -OCH3 is 2. The van der Waals surface area contributed by atoms with Gasteiger partial charge in [0.25, 0.3) is 5.56 Å². The number of hydrogen-bond donors (Lipinski definition) is 2. The first-order valence-corrected chi connectivity index (χ1v) is 10.7. The van der Waals surface area contributed by atoms with Crippen molar-refractivity contribution in [2.45, 2.75) is 32.9 Å². The van der Waals surface area contributed by atoms with Crippen molar-refractivity contribution in [1.29, 1.82) is 0 Å². The Labute approximate surface area is 192 Å². The fraction of sp³-hybridized carbons (Fsp3) is 0.320. The number of carbonyl (C=O) groups excluding carboxylic acids is 1. The molecular weight excluding hydrogens is 422 g/mol. The Balaban J connectivity index is 1.91. The molecule has 1 amide bonds. The molecule has 8 heteroatoms. The van der Waals surface area contributed by atoms with E-state index in [0.29, 0.717) is 28.6 Å². The second-order valence-corrected chi connectivity index (χ2v) is 7.63. The smallest absolute Gasteiger partial charge is 0.257 e. The largest absolute Gasteiger partial charge is 0.493 e. The molecule has 0 aliphatic heterocycles. The van der Waals surface area contributed by atoms with E-state index in [2.05, 4.69) is 10.3 Å². The summed E-state index contributed by atoms with van der Waals surface area (Å²) in [6.45, 7) is 3.21. The van der Waals surface area contributed by atoms with E-state index in [1.807, 2.05) is 43.3 Å². The van der Waals surface area contributed by atoms with Crippen LogP contribution in [0.2, 0.25) is 0 Å². The number of aliphatic hydroxyl groups is 1. The highest BCUT2D eigenvalue weighted by Gasteiger charge is 2.19. The van der Waals surface area contributed by atoms with E-state index >= 15 is 0 Å². The average molecular weight is 452 g/mol. The molecule has 1 aromatic heterocycles. The van der Waals surface area contributed by atoms with Crippen LogP contribution in [0.25, 0.3) is 11.4 Å². The van der Waals surface area contributed by atoms with E-state index in [4.69, 9.17) is 9.47 Å². The fourth-order valence-electron chi connectivity index (χ4n) is 3.69. The lowest BCUT2D eigenvalue weighted by molar-refractivity contribution is -0.122. The molecule has 3 aromatic rings. The minimum absolute atomic E-state index is 0.176. The van der Waals surface area contributed by atoms with E-state index in [0.717, 1.165) is 11.1 Å². The summed E-state index contributed by atoms with van der Waals surface area (Å²) < 4.78 is 12.0. The summed E-state index contributed by atoms with van der Waals surface area (Å²) in [6.07, 6.45) is 0.177. The Bertz CT molecular complexity index is 1170. The second-order valence-electron chi connectivity index (χ2n) is 7.63. The van der Waals surface area contributed by atoms with Gasteiger partial charge in [0.05, 0.1) is 20.3 Å². The molecule has 0 aliphatic carbocycles. The summed E-state index contributed by atoms with van der Waals surface area (Å²) in [6, 6.07) is 14.4. The normalized spacial score (nSPS) is 11.7. The highest BCUT2D eigenvalue weighted by atomic mass is 16.5. The Morgan fingerprint density at radius 1 is 1.12 bits per heavy atom. The van der Waals surface area contributed by atoms with Crippen molar-refractivity contribution >= 4 is 5.91 Å². The van der Waals surface area contributed by atoms with E-state index in [-0.39, 0.29) is 37.1 Å². The number of aryl methyl sites for hydroxylation is 1. The zero-order valence-electron chi connectivity index (χ0n) is 19.3. The lowest BCUT2D eigenvalue weighted by atomic mass is 10.1. The minimum atomic E-state index is -0.336. The van der Waals surface area contributed by atoms with Crippen molar-refractivity contribution < 1.29 is 19.4 Å². The molecule has 0 spiro atoms. The summed E-state index contributed by atoms with van der Waals surface area (Å²) in [5, 5.41) is 12.3. The number of aromatic nitrogens is 2. The van der Waals surface area contributed by atoms with Crippen LogP contribution in [-0.4, -0.2) is 41.4 Å². The monoisotopic (exact) mass is 451 g/mol. The van der Waals surface area contributed by atoms with Crippen LogP contribution in [0.15, 0.2) is 53.3 Å². The van der Waals surface area contributed by atoms with E-state index in [1.54, 1.807) is 33.3 Å². The minimum Gasteiger partial charge on any atom is -0.493 e. The van der Waals surface area contributed by atoms with Crippen LogP contribution < -0.4 is 20.3 Å². The van der Waals surface area contributed by atoms with Crippen LogP contribution in [0.5, 0.6) is 11.5 Å². The maximum atomic E-state index is 13.2. The first-order chi connectivity index (χ1) is 15.9. The first kappa shape index (κ1) is 24.0. The molecule has 0 saturated carbocycles. The number of hydrogen-bond acceptors (Lipinski definition) is 6. The molecule has 0 radical (unpaired) electrons. The van der Waals surface area contributed by atoms with Crippen LogP contribution in [0, 0.1) is 6.92 Å². The molecule has 1 heterocycles. The van der Waals surface area contributed by atoms with Gasteiger partial charge in [0, 0.05) is 29.8 Å². The maximum absolute atomic E-state index is 13.2. The maximum Gasteiger partial charge on any atom is 0.257 e. The molecule has 174 valence electrons. The lowest BCUT2D eigenvalue weighted by Crippen LogP contribution is -2.36. The molecule has 0 fully saturated rings. The highest BCUT2D eigenvalue weighted by molar-refractivity contribution is 5.77. The molecule has 2 N–H and O–H groups in total. The zero-order valence-corrected chi connectivity index (χ0v) is 19.3. The Hall–Kier alpha value is -3.65. The number of carbonyl (C=O) groups is 1. The van der Waals surface area contributed by atoms with Gasteiger partial charge in [-0.2, -0.15) is 0 Å². The highest BCUT2D eigenvalue weighted by Crippen LogP contribution is 2.29. The van der Waals surface area contributed by atoms with Gasteiger partial charge in [0.2, 0.25) is 5.91 Å². The second kappa shape index (κ2) is 10.8. The van der Waals surface area contributed by atoms with Crippen LogP contribution in [-0.2, 0) is 17.8 Å². The predicted molar refractivity (Wildman–Crippen MR) is 126 cm³/mol. The van der Waals surface area contributed by atoms with Crippen molar-refractivity contribution in [1.82, 2.24) is 14.9 Å². The van der Waals surface area contributed by atoms with Crippen molar-refractivity contribution in [3.8, 4) is 22.9 Å². The van der Waals surface area contributed by atoms with Crippen LogP contribution in [0.4, 0.5) is 0 Å². The van der Waals surface area contributed by atoms with Gasteiger partial charge in [-0.3, -0.25) is 14.2 Å². The van der Waals surface area contributed by atoms with E-state index in [1.165, 1.54) is 4.57 Å². The summed E-state index contributed by atoms with van der Waals surface area (Å²) in [7, 11) is 3.11. The van der Waals surface area contributed by atoms with Gasteiger partial charge in [-0.25, -0.2) is 4.98 Å². The molecule has 3 rings (SSSR count). The lowest BCUT2D eigenvalue weighted by Gasteiger charge is -2.19. The summed E-state index contributed by atoms with van der Waals surface area (Å²) in [4.78, 5) is 30.8. The van der Waals surface area contributed by atoms with E-state index in [9.17, 15) is 14.7 Å². The number of aliphatic hydroxyl groups excluding tert-OH is 1. The van der Waals surface area contributed by atoms with Gasteiger partial charge in [-0.1, -0.05) is 36.4 Å². The summed E-state index contributed by atoms with van der Waals surface area (Å²) >= 11 is 0. The molecular formula is C25H29N3O5. The molecule has 1 atom stereocenters. The zero-order chi connectivity index (χ0) is 24.0. The third-order valence-electron chi connectivity index (χ3n) is 5.45. The molecule has 8 nitrogen and oxygen atoms in total. The number of nitrogens with zero attached hydrogens (tertiary/aromatic N) is 2. The molecule has 0 unspecified atom stereocenters. The van der Waals surface area contributed by atoms with Crippen molar-refractivity contribution in [2.75, 3.05) is 20.8 Å². The van der Waals surface area contributed by atoms with Crippen LogP contribution in [0.3, 0.4) is 0 Å². The standard InChI is InChI=1S/C25H29N3O5/c1-16(19-10-11-21(32-3)22(14-19)33-4)26-23(30)15-28-24(18-8-6-5-7-9-18)27-17(2)20(12-13-29)25(28)31/h5-11,14,16,29H,12-13,15H2,1-4H3,(H,26,30)/t16-/m1/s1. The third-order valence-corrected chi connectivity index (χ3v) is 5.45. The molecule has 0 saturated heterocycles. The van der Waals surface area contributed by atoms with Crippen molar-refractivity contribution in [3.05, 3.63) is 75.7 Å². The molecule has 0 aliphatic rings. The fourth-order valence-corrected chi connectivity index (χ4v) is 3.69. The van der Waals surface area contributed by atoms with Crippen molar-refractivity contribution in [2.24, 2.45) is 0 Å². The van der Waals surface area contributed by atoms with Gasteiger partial charge >= 0.3 is 0 Å². The topological polar surface area (TPSA) is 103 Å². The molecule has 0 bridgehead atoms. The number of nitrogens with one attached hydrogen (secondary N) is 1. The Kier molecular flexibility index (Phi) is 7.84. The van der Waals surface area contributed by atoms with E-state index < -0.39 is 0 Å². The van der Waals surface area contributed by atoms with Gasteiger partial charge < -0.3 is 19.9 Å². The third kappa shape index (κ3) is 5.40. The summed E-state index contributed by atoms with van der Waals surface area (Å²) in [5.74, 6) is 1.24. The SMILES string of the molecule is COc1ccc([C@@H](C)NC(=O)Cn2c(-c3ccccc3)nc(C)c(CCO)c2=O)cc1OC. The van der Waals surface area contributed by atoms with Gasteiger partial charge in [0.15, 0.2) is 11.5 Å². The van der Waals surface area contributed by atoms with Gasteiger partial charge in [-0.05, 0) is 31.5 Å². The van der Waals surface area contributed by atoms with Crippen LogP contribution in [0.1, 0.15) is 29.8 Å². The Morgan fingerprint density at radius 3 is 2.45 bits per heavy atom. The average Bonchev–Trinajstić information content (AvgIpc) is 2.83. The predicted octanol–water partition coefficient (Wildman–Crippen LogP) is 2.65. The Morgan fingerprint density at radius 2 is 1.82 bits per heavy atom. The number of amides is 1. The van der Waals surface area contributed by atoms with Crippen molar-refractivity contribution in [3.63, 3.8) is 0 Å². The first-order valence-electron chi connectivity index (χ1n) is 10.7. The molecule has 33 heavy (non-hydrogen) atoms. The summed E-state index contributed by atoms with van der Waals surface area (Å²) in [5.41, 5.74) is 2.18. The number of ether oxygens (including phenoxy) is 2. The molecule has 2 aromatic carbocycles. The number of benzene rings is 2. The van der Waals surface area contributed by atoms with Gasteiger partial charge in [-0.15, -0.1) is 0 Å². The van der Waals surface area contributed by atoms with Crippen LogP contribution >= 0.6 is 0 Å². The quantitative estimate of drug-likeness (QED) is 0.519. The van der Waals surface area contributed by atoms with Gasteiger partial charge in [0.1, 0.15) is 12.4 Å². The number of rotatable bonds is 9.